The highest BCUT2D eigenvalue weighted by molar-refractivity contribution is 7.88. The highest BCUT2D eigenvalue weighted by Gasteiger charge is 2.36. The number of nitrogens with one attached hydrogen (secondary N) is 1. The zero-order valence-corrected chi connectivity index (χ0v) is 12.5. The van der Waals surface area contributed by atoms with Gasteiger partial charge in [-0.2, -0.15) is 21.6 Å². The number of halogens is 3. The Labute approximate surface area is 134 Å². The second-order valence-corrected chi connectivity index (χ2v) is 6.30. The molecule has 0 aliphatic carbocycles. The number of anilines is 1. The summed E-state index contributed by atoms with van der Waals surface area (Å²) in [6, 6.07) is 7.03. The third-order valence-electron chi connectivity index (χ3n) is 3.38. The van der Waals surface area contributed by atoms with Gasteiger partial charge in [0.25, 0.3) is 0 Å². The van der Waals surface area contributed by atoms with Crippen LogP contribution in [0.3, 0.4) is 0 Å². The van der Waals surface area contributed by atoms with Crippen LogP contribution in [0, 0.1) is 0 Å². The van der Waals surface area contributed by atoms with E-state index in [0.717, 1.165) is 18.2 Å². The van der Waals surface area contributed by atoms with E-state index in [1.807, 2.05) is 0 Å². The fourth-order valence-corrected chi connectivity index (χ4v) is 3.20. The predicted molar refractivity (Wildman–Crippen MR) is 79.9 cm³/mol. The normalized spacial score (nSPS) is 15.4. The second kappa shape index (κ2) is 5.40. The molecule has 0 fully saturated rings. The summed E-state index contributed by atoms with van der Waals surface area (Å²) >= 11 is 0. The van der Waals surface area contributed by atoms with Crippen molar-refractivity contribution in [3.05, 3.63) is 42.0 Å². The molecule has 0 saturated carbocycles. The minimum atomic E-state index is -4.74. The molecular weight excluding hydrogens is 350 g/mol. The van der Waals surface area contributed by atoms with Crippen molar-refractivity contribution in [3.63, 3.8) is 0 Å². The molecule has 1 heterocycles. The van der Waals surface area contributed by atoms with Gasteiger partial charge in [-0.05, 0) is 34.8 Å². The Morgan fingerprint density at radius 1 is 1.04 bits per heavy atom. The monoisotopic (exact) mass is 359 g/mol. The lowest BCUT2D eigenvalue weighted by molar-refractivity contribution is -0.136. The summed E-state index contributed by atoms with van der Waals surface area (Å²) in [4.78, 5) is 0. The van der Waals surface area contributed by atoms with Crippen LogP contribution in [0.2, 0.25) is 0 Å². The van der Waals surface area contributed by atoms with Gasteiger partial charge in [0.15, 0.2) is 5.75 Å². The van der Waals surface area contributed by atoms with Gasteiger partial charge in [-0.25, -0.2) is 4.72 Å². The summed E-state index contributed by atoms with van der Waals surface area (Å²) in [5.41, 5.74) is -1.08. The first-order valence-corrected chi connectivity index (χ1v) is 7.91. The standard InChI is InChI=1S/C13H9BF3NO5S/c15-13(16,17)9-3-1-7(5-10(9)14(19)20)8-2-4-11-12(6-8)23-24(21,22)18-11/h1-6,18-20H. The lowest BCUT2D eigenvalue weighted by atomic mass is 9.75. The Balaban J connectivity index is 2.07. The van der Waals surface area contributed by atoms with Crippen molar-refractivity contribution in [3.8, 4) is 16.9 Å². The van der Waals surface area contributed by atoms with E-state index in [9.17, 15) is 31.6 Å². The Bertz CT molecular complexity index is 914. The first kappa shape index (κ1) is 16.6. The van der Waals surface area contributed by atoms with Crippen LogP contribution in [0.5, 0.6) is 5.75 Å². The molecule has 6 nitrogen and oxygen atoms in total. The predicted octanol–water partition coefficient (Wildman–Crippen LogP) is 1.10. The second-order valence-electron chi connectivity index (χ2n) is 5.02. The van der Waals surface area contributed by atoms with E-state index in [4.69, 9.17) is 4.18 Å². The van der Waals surface area contributed by atoms with Gasteiger partial charge in [0.2, 0.25) is 0 Å². The molecule has 0 bridgehead atoms. The van der Waals surface area contributed by atoms with Crippen molar-refractivity contribution >= 4 is 28.6 Å². The average molecular weight is 359 g/mol. The minimum Gasteiger partial charge on any atom is -0.423 e. The van der Waals surface area contributed by atoms with Gasteiger partial charge >= 0.3 is 23.6 Å². The summed E-state index contributed by atoms with van der Waals surface area (Å²) in [5.74, 6) is -0.00139. The maximum absolute atomic E-state index is 12.9. The van der Waals surface area contributed by atoms with E-state index in [1.54, 1.807) is 0 Å². The lowest BCUT2D eigenvalue weighted by Gasteiger charge is -2.14. The zero-order valence-electron chi connectivity index (χ0n) is 11.7. The van der Waals surface area contributed by atoms with E-state index in [-0.39, 0.29) is 17.0 Å². The van der Waals surface area contributed by atoms with Crippen LogP contribution in [0.4, 0.5) is 18.9 Å². The number of hydrogen-bond acceptors (Lipinski definition) is 5. The highest BCUT2D eigenvalue weighted by atomic mass is 32.2. The van der Waals surface area contributed by atoms with Gasteiger partial charge in [-0.3, -0.25) is 0 Å². The molecule has 0 radical (unpaired) electrons. The number of hydrogen-bond donors (Lipinski definition) is 3. The fourth-order valence-electron chi connectivity index (χ4n) is 2.34. The molecule has 0 aromatic heterocycles. The van der Waals surface area contributed by atoms with Crippen molar-refractivity contribution in [1.82, 2.24) is 0 Å². The number of fused-ring (bicyclic) bond motifs is 1. The van der Waals surface area contributed by atoms with Crippen molar-refractivity contribution in [1.29, 1.82) is 0 Å². The Kier molecular flexibility index (Phi) is 3.74. The summed E-state index contributed by atoms with van der Waals surface area (Å²) in [6.07, 6.45) is -4.74. The van der Waals surface area contributed by atoms with Crippen molar-refractivity contribution < 1.29 is 35.8 Å². The van der Waals surface area contributed by atoms with Crippen LogP contribution < -0.4 is 14.4 Å². The number of rotatable bonds is 2. The van der Waals surface area contributed by atoms with E-state index in [1.165, 1.54) is 18.2 Å². The Hall–Kier alpha value is -2.24. The van der Waals surface area contributed by atoms with Gasteiger partial charge in [-0.1, -0.05) is 18.2 Å². The van der Waals surface area contributed by atoms with Gasteiger partial charge < -0.3 is 14.2 Å². The quantitative estimate of drug-likeness (QED) is 0.698. The molecular formula is C13H9BF3NO5S. The molecule has 1 aliphatic heterocycles. The Morgan fingerprint density at radius 3 is 2.29 bits per heavy atom. The van der Waals surface area contributed by atoms with Crippen molar-refractivity contribution in [2.75, 3.05) is 4.72 Å². The maximum atomic E-state index is 12.9. The van der Waals surface area contributed by atoms with E-state index in [0.29, 0.717) is 5.56 Å². The SMILES string of the molecule is O=S1(=O)Nc2ccc(-c3ccc(C(F)(F)F)c(B(O)O)c3)cc2O1. The minimum absolute atomic E-state index is 0.00139. The van der Waals surface area contributed by atoms with Crippen LogP contribution in [0.15, 0.2) is 36.4 Å². The van der Waals surface area contributed by atoms with Crippen LogP contribution in [-0.2, 0) is 16.5 Å². The maximum Gasteiger partial charge on any atom is 0.489 e. The molecule has 11 heteroatoms. The van der Waals surface area contributed by atoms with Crippen molar-refractivity contribution in [2.24, 2.45) is 0 Å². The van der Waals surface area contributed by atoms with Gasteiger partial charge in [0, 0.05) is 0 Å². The van der Waals surface area contributed by atoms with E-state index in [2.05, 4.69) is 4.72 Å². The van der Waals surface area contributed by atoms with Gasteiger partial charge in [-0.15, -0.1) is 0 Å². The molecule has 0 spiro atoms. The van der Waals surface area contributed by atoms with Crippen LogP contribution >= 0.6 is 0 Å². The molecule has 0 saturated heterocycles. The van der Waals surface area contributed by atoms with Gasteiger partial charge in [0.05, 0.1) is 11.3 Å². The summed E-state index contributed by atoms with van der Waals surface area (Å²) in [6.45, 7) is 0. The summed E-state index contributed by atoms with van der Waals surface area (Å²) < 4.78 is 68.1. The number of alkyl halides is 3. The average Bonchev–Trinajstić information content (AvgIpc) is 2.78. The third kappa shape index (κ3) is 3.05. The first-order chi connectivity index (χ1) is 11.1. The molecule has 0 unspecified atom stereocenters. The zero-order chi connectivity index (χ0) is 17.7. The fraction of sp³-hybridized carbons (Fsp3) is 0.0769. The molecule has 24 heavy (non-hydrogen) atoms. The molecule has 3 N–H and O–H groups in total. The first-order valence-electron chi connectivity index (χ1n) is 6.51. The molecule has 0 amide bonds. The van der Waals surface area contributed by atoms with Crippen LogP contribution in [-0.4, -0.2) is 25.6 Å². The molecule has 126 valence electrons. The van der Waals surface area contributed by atoms with Gasteiger partial charge in [0.1, 0.15) is 0 Å². The van der Waals surface area contributed by atoms with Crippen molar-refractivity contribution in [2.45, 2.75) is 6.18 Å². The molecule has 2 aromatic carbocycles. The smallest absolute Gasteiger partial charge is 0.423 e. The number of benzene rings is 2. The van der Waals surface area contributed by atoms with Crippen LogP contribution in [0.25, 0.3) is 11.1 Å². The summed E-state index contributed by atoms with van der Waals surface area (Å²) in [7, 11) is -6.24. The van der Waals surface area contributed by atoms with E-state index < -0.39 is 34.6 Å². The topological polar surface area (TPSA) is 95.9 Å². The third-order valence-corrected chi connectivity index (χ3v) is 4.25. The lowest BCUT2D eigenvalue weighted by Crippen LogP contribution is -2.36. The van der Waals surface area contributed by atoms with Crippen LogP contribution in [0.1, 0.15) is 5.56 Å². The molecule has 1 aliphatic rings. The molecule has 2 aromatic rings. The van der Waals surface area contributed by atoms with E-state index >= 15 is 0 Å². The highest BCUT2D eigenvalue weighted by Crippen LogP contribution is 2.37. The summed E-state index contributed by atoms with van der Waals surface area (Å²) in [5, 5.41) is 18.4. The molecule has 3 rings (SSSR count). The Morgan fingerprint density at radius 2 is 1.67 bits per heavy atom. The molecule has 0 atom stereocenters. The largest absolute Gasteiger partial charge is 0.489 e.